The molecule has 1 N–H and O–H groups in total. The zero-order valence-corrected chi connectivity index (χ0v) is 15.8. The van der Waals surface area contributed by atoms with Crippen LogP contribution in [-0.2, 0) is 11.3 Å². The van der Waals surface area contributed by atoms with Crippen LogP contribution in [0.1, 0.15) is 29.9 Å². The second-order valence-electron chi connectivity index (χ2n) is 8.43. The van der Waals surface area contributed by atoms with Gasteiger partial charge in [0.1, 0.15) is 5.82 Å². The van der Waals surface area contributed by atoms with E-state index in [1.165, 1.54) is 11.6 Å². The molecule has 2 aliphatic heterocycles. The largest absolute Gasteiger partial charge is 0.395 e. The number of carbonyl (C=O) groups excluding carboxylic acids is 1. The first-order chi connectivity index (χ1) is 13.6. The Morgan fingerprint density at radius 2 is 1.75 bits per heavy atom. The summed E-state index contributed by atoms with van der Waals surface area (Å²) in [7, 11) is 0. The van der Waals surface area contributed by atoms with Crippen LogP contribution in [0.5, 0.6) is 0 Å². The number of rotatable bonds is 5. The highest BCUT2D eigenvalue weighted by molar-refractivity contribution is 5.82. The standard InChI is InChI=1S/C23H25FN2O2/c24-19-9-5-4-8-18(19)12-26-20(13-27)21(16-6-2-1-3-7-16)23(26)14-25(15-23)22(28)17-10-11-17/h1-9,17,20-21,27H,10-15H2/t20-,21-/m1/s1. The topological polar surface area (TPSA) is 43.8 Å². The Labute approximate surface area is 164 Å². The number of benzene rings is 2. The predicted octanol–water partition coefficient (Wildman–Crippen LogP) is 2.78. The molecule has 5 rings (SSSR count). The summed E-state index contributed by atoms with van der Waals surface area (Å²) in [5, 5.41) is 10.1. The van der Waals surface area contributed by atoms with Gasteiger partial charge in [0, 0.05) is 43.1 Å². The third-order valence-corrected chi connectivity index (χ3v) is 6.75. The molecule has 0 bridgehead atoms. The van der Waals surface area contributed by atoms with Crippen molar-refractivity contribution in [2.45, 2.75) is 36.9 Å². The third-order valence-electron chi connectivity index (χ3n) is 6.75. The molecule has 0 aromatic heterocycles. The lowest BCUT2D eigenvalue weighted by Crippen LogP contribution is -2.84. The van der Waals surface area contributed by atoms with E-state index in [1.807, 2.05) is 29.2 Å². The quantitative estimate of drug-likeness (QED) is 0.868. The van der Waals surface area contributed by atoms with Crippen LogP contribution in [0.4, 0.5) is 4.39 Å². The third kappa shape index (κ3) is 2.68. The van der Waals surface area contributed by atoms with Gasteiger partial charge in [0.15, 0.2) is 0 Å². The van der Waals surface area contributed by atoms with Gasteiger partial charge in [0.25, 0.3) is 0 Å². The molecular weight excluding hydrogens is 355 g/mol. The van der Waals surface area contributed by atoms with Crippen molar-refractivity contribution in [1.29, 1.82) is 0 Å². The lowest BCUT2D eigenvalue weighted by atomic mass is 9.60. The minimum atomic E-state index is -0.221. The lowest BCUT2D eigenvalue weighted by Gasteiger charge is -2.71. The van der Waals surface area contributed by atoms with E-state index in [1.54, 1.807) is 12.1 Å². The number of aliphatic hydroxyl groups excluding tert-OH is 1. The molecule has 146 valence electrons. The van der Waals surface area contributed by atoms with Gasteiger partial charge < -0.3 is 10.0 Å². The van der Waals surface area contributed by atoms with E-state index in [4.69, 9.17) is 0 Å². The van der Waals surface area contributed by atoms with Crippen LogP contribution in [0.15, 0.2) is 54.6 Å². The van der Waals surface area contributed by atoms with Gasteiger partial charge in [0.2, 0.25) is 5.91 Å². The molecule has 4 nitrogen and oxygen atoms in total. The first kappa shape index (κ1) is 17.8. The first-order valence-corrected chi connectivity index (χ1v) is 10.1. The second-order valence-corrected chi connectivity index (χ2v) is 8.43. The van der Waals surface area contributed by atoms with E-state index >= 15 is 0 Å². The molecule has 0 unspecified atom stereocenters. The highest BCUT2D eigenvalue weighted by Gasteiger charge is 2.66. The Morgan fingerprint density at radius 3 is 2.39 bits per heavy atom. The van der Waals surface area contributed by atoms with Crippen LogP contribution < -0.4 is 0 Å². The van der Waals surface area contributed by atoms with Crippen LogP contribution in [0.25, 0.3) is 0 Å². The number of halogens is 1. The highest BCUT2D eigenvalue weighted by atomic mass is 19.1. The van der Waals surface area contributed by atoms with E-state index in [9.17, 15) is 14.3 Å². The van der Waals surface area contributed by atoms with Crippen molar-refractivity contribution in [3.8, 4) is 0 Å². The van der Waals surface area contributed by atoms with E-state index in [-0.39, 0.29) is 41.7 Å². The molecule has 3 fully saturated rings. The van der Waals surface area contributed by atoms with Crippen molar-refractivity contribution >= 4 is 5.91 Å². The molecule has 5 heteroatoms. The van der Waals surface area contributed by atoms with Crippen molar-refractivity contribution in [1.82, 2.24) is 9.80 Å². The molecule has 3 aliphatic rings. The Bertz CT molecular complexity index is 877. The Hall–Kier alpha value is -2.24. The fourth-order valence-electron chi connectivity index (χ4n) is 5.18. The van der Waals surface area contributed by atoms with Gasteiger partial charge in [-0.15, -0.1) is 0 Å². The maximum atomic E-state index is 14.3. The summed E-state index contributed by atoms with van der Waals surface area (Å²) in [5.74, 6) is 0.397. The summed E-state index contributed by atoms with van der Waals surface area (Å²) in [6.45, 7) is 1.79. The molecule has 2 aromatic rings. The monoisotopic (exact) mass is 380 g/mol. The van der Waals surface area contributed by atoms with E-state index < -0.39 is 0 Å². The number of aliphatic hydroxyl groups is 1. The van der Waals surface area contributed by atoms with E-state index in [0.717, 1.165) is 12.8 Å². The minimum absolute atomic E-state index is 0.0202. The Balaban J connectivity index is 1.45. The zero-order valence-electron chi connectivity index (χ0n) is 15.8. The van der Waals surface area contributed by atoms with E-state index in [2.05, 4.69) is 17.0 Å². The Kier molecular flexibility index (Phi) is 4.25. The van der Waals surface area contributed by atoms with Crippen LogP contribution in [-0.4, -0.2) is 52.1 Å². The van der Waals surface area contributed by atoms with Gasteiger partial charge >= 0.3 is 0 Å². The molecule has 2 atom stereocenters. The molecule has 28 heavy (non-hydrogen) atoms. The van der Waals surface area contributed by atoms with Crippen LogP contribution in [0.2, 0.25) is 0 Å². The van der Waals surface area contributed by atoms with Crippen LogP contribution in [0.3, 0.4) is 0 Å². The molecule has 0 radical (unpaired) electrons. The van der Waals surface area contributed by atoms with Gasteiger partial charge in [-0.05, 0) is 24.5 Å². The van der Waals surface area contributed by atoms with Crippen LogP contribution >= 0.6 is 0 Å². The van der Waals surface area contributed by atoms with Crippen molar-refractivity contribution < 1.29 is 14.3 Å². The van der Waals surface area contributed by atoms with Gasteiger partial charge in [-0.2, -0.15) is 0 Å². The summed E-state index contributed by atoms with van der Waals surface area (Å²) in [6.07, 6.45) is 2.01. The van der Waals surface area contributed by atoms with Gasteiger partial charge in [-0.3, -0.25) is 9.69 Å². The molecule has 2 saturated heterocycles. The number of likely N-dealkylation sites (tertiary alicyclic amines) is 2. The van der Waals surface area contributed by atoms with Crippen LogP contribution in [0, 0.1) is 11.7 Å². The minimum Gasteiger partial charge on any atom is -0.395 e. The average molecular weight is 380 g/mol. The van der Waals surface area contributed by atoms with Crippen molar-refractivity contribution in [3.05, 3.63) is 71.5 Å². The van der Waals surface area contributed by atoms with Crippen molar-refractivity contribution in [2.75, 3.05) is 19.7 Å². The van der Waals surface area contributed by atoms with Gasteiger partial charge in [0.05, 0.1) is 12.1 Å². The second kappa shape index (κ2) is 6.68. The fourth-order valence-corrected chi connectivity index (χ4v) is 5.18. The van der Waals surface area contributed by atoms with Crippen molar-refractivity contribution in [3.63, 3.8) is 0 Å². The summed E-state index contributed by atoms with van der Waals surface area (Å²) in [5.41, 5.74) is 1.60. The van der Waals surface area contributed by atoms with Gasteiger partial charge in [-0.25, -0.2) is 4.39 Å². The molecule has 2 aromatic carbocycles. The normalized spacial score (nSPS) is 26.0. The smallest absolute Gasteiger partial charge is 0.225 e. The molecule has 1 saturated carbocycles. The summed E-state index contributed by atoms with van der Waals surface area (Å²) in [6, 6.07) is 17.0. The maximum Gasteiger partial charge on any atom is 0.225 e. The number of carbonyl (C=O) groups is 1. The number of hydrogen-bond donors (Lipinski definition) is 1. The van der Waals surface area contributed by atoms with Crippen molar-refractivity contribution in [2.24, 2.45) is 5.92 Å². The number of nitrogens with zero attached hydrogens (tertiary/aromatic N) is 2. The molecule has 2 heterocycles. The fraction of sp³-hybridized carbons (Fsp3) is 0.435. The lowest BCUT2D eigenvalue weighted by molar-refractivity contribution is -0.201. The molecule has 1 aliphatic carbocycles. The number of hydrogen-bond acceptors (Lipinski definition) is 3. The van der Waals surface area contributed by atoms with E-state index in [0.29, 0.717) is 25.2 Å². The van der Waals surface area contributed by atoms with Gasteiger partial charge in [-0.1, -0.05) is 48.5 Å². The summed E-state index contributed by atoms with van der Waals surface area (Å²) in [4.78, 5) is 16.7. The Morgan fingerprint density at radius 1 is 1.07 bits per heavy atom. The zero-order chi connectivity index (χ0) is 19.3. The molecule has 1 spiro atoms. The summed E-state index contributed by atoms with van der Waals surface area (Å²) < 4.78 is 14.3. The predicted molar refractivity (Wildman–Crippen MR) is 104 cm³/mol. The highest BCUT2D eigenvalue weighted by Crippen LogP contribution is 2.55. The molecule has 1 amide bonds. The summed E-state index contributed by atoms with van der Waals surface area (Å²) >= 11 is 0. The average Bonchev–Trinajstić information content (AvgIpc) is 3.51. The SMILES string of the molecule is O=C(C1CC1)N1CC2(C1)[C@H](c1ccccc1)[C@@H](CO)N2Cc1ccccc1F. The molecular formula is C23H25FN2O2. The first-order valence-electron chi connectivity index (χ1n) is 10.1. The maximum absolute atomic E-state index is 14.3. The number of amides is 1.